The van der Waals surface area contributed by atoms with Crippen molar-refractivity contribution in [3.63, 3.8) is 0 Å². The molecule has 3 heterocycles. The number of benzene rings is 1. The van der Waals surface area contributed by atoms with Gasteiger partial charge in [-0.05, 0) is 31.4 Å². The van der Waals surface area contributed by atoms with E-state index in [0.29, 0.717) is 24.3 Å². The monoisotopic (exact) mass is 401 g/mol. The quantitative estimate of drug-likeness (QED) is 0.470. The summed E-state index contributed by atoms with van der Waals surface area (Å²) in [5, 5.41) is 16.5. The van der Waals surface area contributed by atoms with Crippen molar-refractivity contribution >= 4 is 23.4 Å². The number of rotatable bonds is 6. The molecular weight excluding hydrogens is 374 g/mol. The zero-order valence-corrected chi connectivity index (χ0v) is 16.9. The minimum absolute atomic E-state index is 0.241. The minimum atomic E-state index is -1.35. The van der Waals surface area contributed by atoms with Crippen LogP contribution in [0.1, 0.15) is 31.4 Å². The van der Waals surface area contributed by atoms with Crippen molar-refractivity contribution in [3.05, 3.63) is 29.3 Å². The molecule has 5 atom stereocenters. The third-order valence-electron chi connectivity index (χ3n) is 6.46. The van der Waals surface area contributed by atoms with Crippen molar-refractivity contribution in [2.45, 2.75) is 44.4 Å². The van der Waals surface area contributed by atoms with E-state index in [4.69, 9.17) is 4.74 Å². The first-order chi connectivity index (χ1) is 13.9. The number of carbonyl (C=O) groups is 3. The van der Waals surface area contributed by atoms with E-state index in [0.717, 1.165) is 12.0 Å². The third-order valence-corrected chi connectivity index (χ3v) is 6.46. The maximum absolute atomic E-state index is 13.4. The molecule has 29 heavy (non-hydrogen) atoms. The van der Waals surface area contributed by atoms with Crippen molar-refractivity contribution in [2.24, 2.45) is 11.8 Å². The fourth-order valence-corrected chi connectivity index (χ4v) is 5.06. The Kier molecular flexibility index (Phi) is 4.96. The molecule has 0 aliphatic carbocycles. The van der Waals surface area contributed by atoms with Crippen LogP contribution in [0.4, 0.5) is 5.69 Å². The van der Waals surface area contributed by atoms with Gasteiger partial charge in [0.05, 0.1) is 17.9 Å². The van der Waals surface area contributed by atoms with Gasteiger partial charge in [0, 0.05) is 37.6 Å². The average Bonchev–Trinajstić information content (AvgIpc) is 3.28. The van der Waals surface area contributed by atoms with E-state index in [2.05, 4.69) is 10.6 Å². The highest BCUT2D eigenvalue weighted by atomic mass is 16.5. The molecule has 0 saturated carbocycles. The lowest BCUT2D eigenvalue weighted by molar-refractivity contribution is -0.143. The smallest absolute Gasteiger partial charge is 0.250 e. The van der Waals surface area contributed by atoms with Crippen LogP contribution < -0.4 is 10.6 Å². The van der Waals surface area contributed by atoms with Crippen LogP contribution in [0.15, 0.2) is 18.2 Å². The van der Waals surface area contributed by atoms with Crippen molar-refractivity contribution in [2.75, 3.05) is 25.6 Å². The summed E-state index contributed by atoms with van der Waals surface area (Å²) in [5.74, 6) is -2.72. The summed E-state index contributed by atoms with van der Waals surface area (Å²) >= 11 is 0. The normalized spacial score (nSPS) is 31.4. The van der Waals surface area contributed by atoms with Crippen LogP contribution in [0.25, 0.3) is 0 Å². The largest absolute Gasteiger partial charge is 0.392 e. The molecule has 3 amide bonds. The minimum Gasteiger partial charge on any atom is -0.392 e. The second kappa shape index (κ2) is 7.19. The molecule has 1 aromatic rings. The lowest BCUT2D eigenvalue weighted by Gasteiger charge is -2.30. The Bertz CT molecular complexity index is 870. The summed E-state index contributed by atoms with van der Waals surface area (Å²) in [5.41, 5.74) is 1.00. The molecule has 1 aromatic carbocycles. The van der Waals surface area contributed by atoms with Gasteiger partial charge in [0.1, 0.15) is 5.54 Å². The number of aliphatic hydroxyl groups excluding tert-OH is 1. The number of hydrogen-bond acceptors (Lipinski definition) is 6. The third kappa shape index (κ3) is 2.73. The highest BCUT2D eigenvalue weighted by Gasteiger charge is 2.70. The average molecular weight is 401 g/mol. The molecule has 8 nitrogen and oxygen atoms in total. The van der Waals surface area contributed by atoms with Gasteiger partial charge in [-0.25, -0.2) is 0 Å². The summed E-state index contributed by atoms with van der Waals surface area (Å²) < 4.78 is 5.04. The van der Waals surface area contributed by atoms with Gasteiger partial charge in [0.25, 0.3) is 0 Å². The number of nitrogens with zero attached hydrogens (tertiary/aromatic N) is 1. The van der Waals surface area contributed by atoms with E-state index >= 15 is 0 Å². The van der Waals surface area contributed by atoms with Crippen LogP contribution in [-0.4, -0.2) is 60.1 Å². The fraction of sp³-hybridized carbons (Fsp3) is 0.571. The SMILES string of the molecule is CCc1ccc2c(c1)[C@@]1(N[C@H]([C@H](C)O)[C@H]3C(=O)N(CCCOC)C(=O)[C@H]31)C(=O)N2. The number of aryl methyl sites for hydroxylation is 1. The second-order valence-electron chi connectivity index (χ2n) is 8.08. The number of methoxy groups -OCH3 is 1. The predicted molar refractivity (Wildman–Crippen MR) is 105 cm³/mol. The Labute approximate surface area is 169 Å². The summed E-state index contributed by atoms with van der Waals surface area (Å²) in [4.78, 5) is 41.0. The first-order valence-corrected chi connectivity index (χ1v) is 10.1. The summed E-state index contributed by atoms with van der Waals surface area (Å²) in [7, 11) is 1.57. The molecule has 2 saturated heterocycles. The Morgan fingerprint density at radius 3 is 2.69 bits per heavy atom. The van der Waals surface area contributed by atoms with Crippen LogP contribution in [-0.2, 0) is 31.1 Å². The molecule has 3 aliphatic rings. The highest BCUT2D eigenvalue weighted by molar-refractivity contribution is 6.15. The first-order valence-electron chi connectivity index (χ1n) is 10.1. The van der Waals surface area contributed by atoms with E-state index in [1.165, 1.54) is 4.90 Å². The number of nitrogens with one attached hydrogen (secondary N) is 2. The van der Waals surface area contributed by atoms with Crippen molar-refractivity contribution < 1.29 is 24.2 Å². The van der Waals surface area contributed by atoms with Crippen molar-refractivity contribution in [1.29, 1.82) is 0 Å². The Morgan fingerprint density at radius 2 is 2.03 bits per heavy atom. The lowest BCUT2D eigenvalue weighted by Crippen LogP contribution is -2.54. The van der Waals surface area contributed by atoms with E-state index in [1.807, 2.05) is 25.1 Å². The molecule has 0 bridgehead atoms. The molecule has 3 aliphatic heterocycles. The van der Waals surface area contributed by atoms with Gasteiger partial charge in [-0.3, -0.25) is 24.6 Å². The van der Waals surface area contributed by atoms with Crippen LogP contribution in [0.3, 0.4) is 0 Å². The van der Waals surface area contributed by atoms with Gasteiger partial charge in [-0.1, -0.05) is 19.1 Å². The molecule has 4 rings (SSSR count). The van der Waals surface area contributed by atoms with Crippen molar-refractivity contribution in [1.82, 2.24) is 10.2 Å². The van der Waals surface area contributed by atoms with Crippen LogP contribution >= 0.6 is 0 Å². The zero-order chi connectivity index (χ0) is 20.9. The Morgan fingerprint density at radius 1 is 1.28 bits per heavy atom. The van der Waals surface area contributed by atoms with E-state index in [1.54, 1.807) is 14.0 Å². The van der Waals surface area contributed by atoms with Crippen molar-refractivity contribution in [3.8, 4) is 0 Å². The maximum Gasteiger partial charge on any atom is 0.250 e. The number of aliphatic hydroxyl groups is 1. The van der Waals surface area contributed by atoms with Gasteiger partial charge in [0.15, 0.2) is 0 Å². The van der Waals surface area contributed by atoms with Crippen LogP contribution in [0.5, 0.6) is 0 Å². The number of likely N-dealkylation sites (tertiary alicyclic amines) is 1. The standard InChI is InChI=1S/C21H27N3O5/c1-4-12-6-7-14-13(10-12)21(20(28)22-14)16-15(17(23-21)11(2)25)18(26)24(19(16)27)8-5-9-29-3/h6-7,10-11,15-17,23,25H,4-5,8-9H2,1-3H3,(H,22,28)/t11-,15-,16-,17+,21-/m0/s1. The summed E-state index contributed by atoms with van der Waals surface area (Å²) in [6, 6.07) is 5.01. The fourth-order valence-electron chi connectivity index (χ4n) is 5.06. The molecule has 0 aromatic heterocycles. The molecule has 3 N–H and O–H groups in total. The molecule has 0 radical (unpaired) electrons. The number of amides is 3. The summed E-state index contributed by atoms with van der Waals surface area (Å²) in [6.07, 6.45) is 0.404. The van der Waals surface area contributed by atoms with E-state index in [9.17, 15) is 19.5 Å². The number of anilines is 1. The number of carbonyl (C=O) groups excluding carboxylic acids is 3. The topological polar surface area (TPSA) is 108 Å². The molecule has 8 heteroatoms. The number of fused-ring (bicyclic) bond motifs is 4. The molecular formula is C21H27N3O5. The Balaban J connectivity index is 1.81. The maximum atomic E-state index is 13.4. The second-order valence-corrected chi connectivity index (χ2v) is 8.08. The molecule has 0 unspecified atom stereocenters. The van der Waals surface area contributed by atoms with Crippen LogP contribution in [0.2, 0.25) is 0 Å². The first kappa shape index (κ1) is 20.0. The van der Waals surface area contributed by atoms with Gasteiger partial charge in [-0.2, -0.15) is 0 Å². The molecule has 1 spiro atoms. The molecule has 156 valence electrons. The number of imide groups is 1. The number of hydrogen-bond donors (Lipinski definition) is 3. The summed E-state index contributed by atoms with van der Waals surface area (Å²) in [6.45, 7) is 4.27. The van der Waals surface area contributed by atoms with E-state index in [-0.39, 0.29) is 24.3 Å². The zero-order valence-electron chi connectivity index (χ0n) is 16.9. The predicted octanol–water partition coefficient (Wildman–Crippen LogP) is 0.387. The van der Waals surface area contributed by atoms with Gasteiger partial charge < -0.3 is 15.2 Å². The van der Waals surface area contributed by atoms with Gasteiger partial charge in [-0.15, -0.1) is 0 Å². The Hall–Kier alpha value is -2.29. The highest BCUT2D eigenvalue weighted by Crippen LogP contribution is 2.53. The van der Waals surface area contributed by atoms with Crippen LogP contribution in [0, 0.1) is 11.8 Å². The van der Waals surface area contributed by atoms with Gasteiger partial charge in [0.2, 0.25) is 17.7 Å². The van der Waals surface area contributed by atoms with E-state index < -0.39 is 29.5 Å². The number of ether oxygens (including phenoxy) is 1. The lowest BCUT2D eigenvalue weighted by atomic mass is 9.76. The van der Waals surface area contributed by atoms with Gasteiger partial charge >= 0.3 is 0 Å². The molecule has 2 fully saturated rings.